The number of halogens is 2. The first-order valence-corrected chi connectivity index (χ1v) is 12.5. The molecule has 0 spiro atoms. The van der Waals surface area contributed by atoms with E-state index in [1.54, 1.807) is 0 Å². The normalized spacial score (nSPS) is 15.6. The van der Waals surface area contributed by atoms with Crippen molar-refractivity contribution in [3.05, 3.63) is 80.4 Å². The summed E-state index contributed by atoms with van der Waals surface area (Å²) >= 11 is 4.88. The predicted molar refractivity (Wildman–Crippen MR) is 136 cm³/mol. The number of thiophene rings is 1. The maximum atomic E-state index is 13.4. The van der Waals surface area contributed by atoms with E-state index in [9.17, 15) is 14.0 Å². The Morgan fingerprint density at radius 3 is 2.30 bits per heavy atom. The fourth-order valence-corrected chi connectivity index (χ4v) is 5.74. The van der Waals surface area contributed by atoms with Gasteiger partial charge in [-0.25, -0.2) is 4.39 Å². The standard InChI is InChI=1S/C26H26BrFN2O2S/c1-26(2,3)16-6-13-20-21(14-16)33-25(30-23(31)15-4-9-18(28)10-5-15)22(20)24(32)29-19-11-7-17(27)8-12-19/h4-5,7-12,16H,6,13-14H2,1-3H3,(H,29,32)(H,30,31). The summed E-state index contributed by atoms with van der Waals surface area (Å²) in [5, 5.41) is 6.43. The maximum absolute atomic E-state index is 13.4. The fraction of sp³-hybridized carbons (Fsp3) is 0.308. The number of hydrogen-bond acceptors (Lipinski definition) is 3. The van der Waals surface area contributed by atoms with Crippen LogP contribution in [0.4, 0.5) is 15.1 Å². The molecule has 1 aliphatic carbocycles. The summed E-state index contributed by atoms with van der Waals surface area (Å²) in [4.78, 5) is 27.4. The Morgan fingerprint density at radius 2 is 1.67 bits per heavy atom. The SMILES string of the molecule is CC(C)(C)C1CCc2c(sc(NC(=O)c3ccc(F)cc3)c2C(=O)Nc2ccc(Br)cc2)C1. The van der Waals surface area contributed by atoms with Crippen LogP contribution in [0, 0.1) is 17.2 Å². The third kappa shape index (κ3) is 5.36. The zero-order valence-electron chi connectivity index (χ0n) is 18.8. The minimum absolute atomic E-state index is 0.166. The number of amides is 2. The molecule has 0 radical (unpaired) electrons. The van der Waals surface area contributed by atoms with Gasteiger partial charge in [0.25, 0.3) is 11.8 Å². The molecule has 1 unspecified atom stereocenters. The molecule has 3 aromatic rings. The highest BCUT2D eigenvalue weighted by Gasteiger charge is 2.34. The second-order valence-corrected chi connectivity index (χ2v) is 11.5. The van der Waals surface area contributed by atoms with Gasteiger partial charge in [0, 0.05) is 20.6 Å². The molecule has 0 aliphatic heterocycles. The van der Waals surface area contributed by atoms with Gasteiger partial charge in [0.1, 0.15) is 10.8 Å². The summed E-state index contributed by atoms with van der Waals surface area (Å²) < 4.78 is 14.2. The van der Waals surface area contributed by atoms with Gasteiger partial charge < -0.3 is 10.6 Å². The van der Waals surface area contributed by atoms with Crippen LogP contribution in [0.5, 0.6) is 0 Å². The van der Waals surface area contributed by atoms with Crippen LogP contribution < -0.4 is 10.6 Å². The largest absolute Gasteiger partial charge is 0.322 e. The van der Waals surface area contributed by atoms with Crippen molar-refractivity contribution in [2.24, 2.45) is 11.3 Å². The molecule has 2 aromatic carbocycles. The highest BCUT2D eigenvalue weighted by molar-refractivity contribution is 9.10. The summed E-state index contributed by atoms with van der Waals surface area (Å²) in [5.41, 5.74) is 2.74. The van der Waals surface area contributed by atoms with E-state index in [-0.39, 0.29) is 17.2 Å². The summed E-state index contributed by atoms with van der Waals surface area (Å²) in [6.07, 6.45) is 2.68. The van der Waals surface area contributed by atoms with Crippen LogP contribution in [0.3, 0.4) is 0 Å². The van der Waals surface area contributed by atoms with Crippen molar-refractivity contribution >= 4 is 49.8 Å². The van der Waals surface area contributed by atoms with E-state index in [1.807, 2.05) is 24.3 Å². The number of carbonyl (C=O) groups excluding carboxylic acids is 2. The van der Waals surface area contributed by atoms with Gasteiger partial charge in [-0.05, 0) is 84.7 Å². The Morgan fingerprint density at radius 1 is 1.00 bits per heavy atom. The van der Waals surface area contributed by atoms with Crippen LogP contribution in [0.1, 0.15) is 58.3 Å². The molecule has 1 heterocycles. The van der Waals surface area contributed by atoms with Crippen molar-refractivity contribution in [2.75, 3.05) is 10.6 Å². The lowest BCUT2D eigenvalue weighted by molar-refractivity contribution is 0.102. The number of rotatable bonds is 4. The van der Waals surface area contributed by atoms with Gasteiger partial charge >= 0.3 is 0 Å². The van der Waals surface area contributed by atoms with Gasteiger partial charge in [0.15, 0.2) is 0 Å². The molecular formula is C26H26BrFN2O2S. The number of nitrogens with one attached hydrogen (secondary N) is 2. The lowest BCUT2D eigenvalue weighted by Gasteiger charge is -2.33. The first-order valence-electron chi connectivity index (χ1n) is 10.9. The molecule has 2 N–H and O–H groups in total. The minimum atomic E-state index is -0.402. The van der Waals surface area contributed by atoms with Crippen LogP contribution in [0.2, 0.25) is 0 Å². The molecule has 0 bridgehead atoms. The van der Waals surface area contributed by atoms with Gasteiger partial charge in [0.05, 0.1) is 5.56 Å². The maximum Gasteiger partial charge on any atom is 0.258 e. The second kappa shape index (κ2) is 9.39. The molecule has 1 aromatic heterocycles. The quantitative estimate of drug-likeness (QED) is 0.373. The molecular weight excluding hydrogens is 503 g/mol. The van der Waals surface area contributed by atoms with Crippen LogP contribution in [-0.2, 0) is 12.8 Å². The van der Waals surface area contributed by atoms with Crippen molar-refractivity contribution in [1.82, 2.24) is 0 Å². The molecule has 172 valence electrons. The number of fused-ring (bicyclic) bond motifs is 1. The summed E-state index contributed by atoms with van der Waals surface area (Å²) in [6.45, 7) is 6.73. The van der Waals surface area contributed by atoms with E-state index in [1.165, 1.54) is 35.6 Å². The molecule has 1 aliphatic rings. The third-order valence-electron chi connectivity index (χ3n) is 6.15. The summed E-state index contributed by atoms with van der Waals surface area (Å²) in [7, 11) is 0. The van der Waals surface area contributed by atoms with Crippen LogP contribution in [0.15, 0.2) is 53.0 Å². The Hall–Kier alpha value is -2.51. The topological polar surface area (TPSA) is 58.2 Å². The molecule has 1 atom stereocenters. The number of benzene rings is 2. The lowest BCUT2D eigenvalue weighted by Crippen LogP contribution is -2.27. The molecule has 0 saturated heterocycles. The van der Waals surface area contributed by atoms with Gasteiger partial charge in [-0.1, -0.05) is 36.7 Å². The molecule has 33 heavy (non-hydrogen) atoms. The first-order chi connectivity index (χ1) is 15.6. The predicted octanol–water partition coefficient (Wildman–Crippen LogP) is 7.31. The number of hydrogen-bond donors (Lipinski definition) is 2. The van der Waals surface area contributed by atoms with Crippen LogP contribution in [0.25, 0.3) is 0 Å². The Kier molecular flexibility index (Phi) is 6.73. The fourth-order valence-electron chi connectivity index (χ4n) is 4.16. The van der Waals surface area contributed by atoms with E-state index in [0.717, 1.165) is 34.2 Å². The van der Waals surface area contributed by atoms with Crippen molar-refractivity contribution in [1.29, 1.82) is 0 Å². The molecule has 7 heteroatoms. The number of anilines is 2. The lowest BCUT2D eigenvalue weighted by atomic mass is 9.72. The average Bonchev–Trinajstić information content (AvgIpc) is 3.12. The Bertz CT molecular complexity index is 1180. The van der Waals surface area contributed by atoms with Crippen molar-refractivity contribution in [2.45, 2.75) is 40.0 Å². The van der Waals surface area contributed by atoms with Crippen molar-refractivity contribution < 1.29 is 14.0 Å². The van der Waals surface area contributed by atoms with Crippen LogP contribution in [-0.4, -0.2) is 11.8 Å². The molecule has 0 fully saturated rings. The monoisotopic (exact) mass is 528 g/mol. The zero-order chi connectivity index (χ0) is 23.8. The molecule has 0 saturated carbocycles. The average molecular weight is 529 g/mol. The van der Waals surface area contributed by atoms with Gasteiger partial charge in [-0.15, -0.1) is 11.3 Å². The second-order valence-electron chi connectivity index (χ2n) is 9.44. The summed E-state index contributed by atoms with van der Waals surface area (Å²) in [5.74, 6) is -0.496. The smallest absolute Gasteiger partial charge is 0.258 e. The third-order valence-corrected chi connectivity index (χ3v) is 7.85. The highest BCUT2D eigenvalue weighted by Crippen LogP contribution is 2.44. The van der Waals surface area contributed by atoms with E-state index in [2.05, 4.69) is 47.3 Å². The Labute approximate surface area is 205 Å². The van der Waals surface area contributed by atoms with Gasteiger partial charge in [-0.2, -0.15) is 0 Å². The van der Waals surface area contributed by atoms with E-state index < -0.39 is 5.82 Å². The van der Waals surface area contributed by atoms with E-state index in [4.69, 9.17) is 0 Å². The summed E-state index contributed by atoms with van der Waals surface area (Å²) in [6, 6.07) is 12.8. The molecule has 4 nitrogen and oxygen atoms in total. The minimum Gasteiger partial charge on any atom is -0.322 e. The highest BCUT2D eigenvalue weighted by atomic mass is 79.9. The Balaban J connectivity index is 1.67. The number of carbonyl (C=O) groups is 2. The zero-order valence-corrected chi connectivity index (χ0v) is 21.2. The van der Waals surface area contributed by atoms with E-state index in [0.29, 0.717) is 27.7 Å². The van der Waals surface area contributed by atoms with Gasteiger partial charge in [-0.3, -0.25) is 9.59 Å². The first kappa shape index (κ1) is 23.6. The molecule has 4 rings (SSSR count). The van der Waals surface area contributed by atoms with E-state index >= 15 is 0 Å². The van der Waals surface area contributed by atoms with Crippen LogP contribution >= 0.6 is 27.3 Å². The van der Waals surface area contributed by atoms with Crippen molar-refractivity contribution in [3.8, 4) is 0 Å². The van der Waals surface area contributed by atoms with Crippen molar-refractivity contribution in [3.63, 3.8) is 0 Å². The van der Waals surface area contributed by atoms with Gasteiger partial charge in [0.2, 0.25) is 0 Å². The molecule has 2 amide bonds.